The van der Waals surface area contributed by atoms with Crippen LogP contribution >= 0.6 is 0 Å². The van der Waals surface area contributed by atoms with Crippen molar-refractivity contribution in [3.05, 3.63) is 0 Å². The zero-order valence-electron chi connectivity index (χ0n) is 9.64. The Morgan fingerprint density at radius 3 is 1.77 bits per heavy atom. The van der Waals surface area contributed by atoms with E-state index >= 15 is 0 Å². The molecule has 2 rings (SSSR count). The van der Waals surface area contributed by atoms with Crippen LogP contribution in [0.4, 0.5) is 0 Å². The normalized spacial score (nSPS) is 43.8. The highest BCUT2D eigenvalue weighted by molar-refractivity contribution is 4.92. The Balaban J connectivity index is 2.19. The fourth-order valence-electron chi connectivity index (χ4n) is 3.53. The summed E-state index contributed by atoms with van der Waals surface area (Å²) in [5, 5.41) is 0. The standard InChI is InChI=1S/C12H24N/c1-10(2)12-5-7-13(9-12,8-6-12)11(3)4/h10-11H,5-9H2,1-4H3/q+1. The molecule has 1 nitrogen and oxygen atoms in total. The van der Waals surface area contributed by atoms with E-state index in [2.05, 4.69) is 27.7 Å². The summed E-state index contributed by atoms with van der Waals surface area (Å²) in [5.41, 5.74) is 0.726. The van der Waals surface area contributed by atoms with E-state index in [-0.39, 0.29) is 0 Å². The highest BCUT2D eigenvalue weighted by Gasteiger charge is 2.57. The van der Waals surface area contributed by atoms with E-state index in [1.54, 1.807) is 0 Å². The fourth-order valence-corrected chi connectivity index (χ4v) is 3.53. The van der Waals surface area contributed by atoms with Gasteiger partial charge in [0.25, 0.3) is 0 Å². The lowest BCUT2D eigenvalue weighted by Gasteiger charge is -2.35. The molecule has 0 amide bonds. The van der Waals surface area contributed by atoms with Crippen LogP contribution in [0.1, 0.15) is 40.5 Å². The summed E-state index contributed by atoms with van der Waals surface area (Å²) in [6, 6.07) is 0.850. The molecule has 2 fully saturated rings. The molecule has 1 heteroatoms. The smallest absolute Gasteiger partial charge is 0.0852 e. The summed E-state index contributed by atoms with van der Waals surface area (Å²) in [4.78, 5) is 0. The average Bonchev–Trinajstić information content (AvgIpc) is 2.61. The minimum Gasteiger partial charge on any atom is -0.321 e. The molecular formula is C12H24N+. The number of quaternary nitrogens is 1. The molecule has 76 valence electrons. The van der Waals surface area contributed by atoms with Crippen molar-refractivity contribution in [3.63, 3.8) is 0 Å². The molecule has 0 N–H and O–H groups in total. The predicted molar refractivity (Wildman–Crippen MR) is 56.5 cm³/mol. The van der Waals surface area contributed by atoms with E-state index in [1.165, 1.54) is 37.0 Å². The third-order valence-electron chi connectivity index (χ3n) is 5.06. The molecule has 2 heterocycles. The Bertz CT molecular complexity index is 175. The second kappa shape index (κ2) is 2.73. The van der Waals surface area contributed by atoms with Crippen molar-refractivity contribution in [2.24, 2.45) is 11.3 Å². The molecule has 0 unspecified atom stereocenters. The lowest BCUT2D eigenvalue weighted by atomic mass is 9.75. The number of piperidine rings is 1. The molecule has 2 aliphatic rings. The van der Waals surface area contributed by atoms with Crippen molar-refractivity contribution in [3.8, 4) is 0 Å². The number of rotatable bonds is 2. The summed E-state index contributed by atoms with van der Waals surface area (Å²) >= 11 is 0. The highest BCUT2D eigenvalue weighted by Crippen LogP contribution is 2.51. The molecule has 13 heavy (non-hydrogen) atoms. The van der Waals surface area contributed by atoms with Crippen LogP contribution in [-0.2, 0) is 0 Å². The second-order valence-corrected chi connectivity index (χ2v) is 5.93. The van der Waals surface area contributed by atoms with E-state index in [9.17, 15) is 0 Å². The summed E-state index contributed by atoms with van der Waals surface area (Å²) in [6.45, 7) is 14.0. The topological polar surface area (TPSA) is 0 Å². The van der Waals surface area contributed by atoms with Gasteiger partial charge >= 0.3 is 0 Å². The molecule has 0 aromatic heterocycles. The van der Waals surface area contributed by atoms with Gasteiger partial charge in [-0.05, 0) is 19.8 Å². The van der Waals surface area contributed by atoms with E-state index in [0.717, 1.165) is 17.4 Å². The largest absolute Gasteiger partial charge is 0.321 e. The summed E-state index contributed by atoms with van der Waals surface area (Å²) in [7, 11) is 0. The Kier molecular flexibility index (Phi) is 1.99. The molecule has 2 aliphatic heterocycles. The zero-order chi connectivity index (χ0) is 9.69. The first-order valence-electron chi connectivity index (χ1n) is 5.87. The van der Waals surface area contributed by atoms with E-state index in [4.69, 9.17) is 0 Å². The van der Waals surface area contributed by atoms with E-state index in [1.807, 2.05) is 0 Å². The number of fused-ring (bicyclic) bond motifs is 2. The Morgan fingerprint density at radius 1 is 1.00 bits per heavy atom. The summed E-state index contributed by atoms with van der Waals surface area (Å²) in [5.74, 6) is 0.897. The van der Waals surface area contributed by atoms with Gasteiger partial charge < -0.3 is 4.48 Å². The van der Waals surface area contributed by atoms with Crippen LogP contribution in [0.25, 0.3) is 0 Å². The lowest BCUT2D eigenvalue weighted by molar-refractivity contribution is -0.929. The van der Waals surface area contributed by atoms with Gasteiger partial charge in [-0.25, -0.2) is 0 Å². The van der Waals surface area contributed by atoms with Gasteiger partial charge in [-0.2, -0.15) is 0 Å². The van der Waals surface area contributed by atoms with Gasteiger partial charge in [-0.1, -0.05) is 13.8 Å². The van der Waals surface area contributed by atoms with Crippen molar-refractivity contribution in [2.75, 3.05) is 19.6 Å². The van der Waals surface area contributed by atoms with Crippen molar-refractivity contribution in [1.29, 1.82) is 0 Å². The van der Waals surface area contributed by atoms with E-state index < -0.39 is 0 Å². The lowest BCUT2D eigenvalue weighted by Crippen LogP contribution is -2.49. The van der Waals surface area contributed by atoms with Gasteiger partial charge in [0.1, 0.15) is 0 Å². The van der Waals surface area contributed by atoms with Crippen LogP contribution in [0.3, 0.4) is 0 Å². The third-order valence-corrected chi connectivity index (χ3v) is 5.06. The Morgan fingerprint density at radius 2 is 1.54 bits per heavy atom. The van der Waals surface area contributed by atoms with Gasteiger partial charge in [0, 0.05) is 18.3 Å². The van der Waals surface area contributed by atoms with Crippen LogP contribution in [0.5, 0.6) is 0 Å². The monoisotopic (exact) mass is 182 g/mol. The molecule has 0 aromatic carbocycles. The van der Waals surface area contributed by atoms with Crippen molar-refractivity contribution in [2.45, 2.75) is 46.6 Å². The minimum atomic E-state index is 0.726. The maximum Gasteiger partial charge on any atom is 0.0852 e. The Hall–Kier alpha value is -0.0400. The highest BCUT2D eigenvalue weighted by atomic mass is 15.4. The van der Waals surface area contributed by atoms with Crippen LogP contribution in [0.2, 0.25) is 0 Å². The first-order valence-corrected chi connectivity index (χ1v) is 5.87. The van der Waals surface area contributed by atoms with Crippen LogP contribution in [0.15, 0.2) is 0 Å². The minimum absolute atomic E-state index is 0.726. The molecule has 2 bridgehead atoms. The quantitative estimate of drug-likeness (QED) is 0.576. The van der Waals surface area contributed by atoms with Gasteiger partial charge in [-0.15, -0.1) is 0 Å². The molecule has 0 saturated carbocycles. The van der Waals surface area contributed by atoms with Gasteiger partial charge in [0.15, 0.2) is 0 Å². The molecular weight excluding hydrogens is 158 g/mol. The van der Waals surface area contributed by atoms with Crippen LogP contribution < -0.4 is 0 Å². The van der Waals surface area contributed by atoms with Gasteiger partial charge in [0.05, 0.1) is 25.7 Å². The first-order chi connectivity index (χ1) is 6.01. The van der Waals surface area contributed by atoms with Crippen molar-refractivity contribution < 1.29 is 4.48 Å². The number of hydrogen-bond donors (Lipinski definition) is 0. The van der Waals surface area contributed by atoms with Crippen LogP contribution in [-0.4, -0.2) is 30.2 Å². The molecule has 0 aromatic rings. The molecule has 0 radical (unpaired) electrons. The average molecular weight is 182 g/mol. The van der Waals surface area contributed by atoms with E-state index in [0.29, 0.717) is 0 Å². The molecule has 2 saturated heterocycles. The second-order valence-electron chi connectivity index (χ2n) is 5.93. The molecule has 0 atom stereocenters. The summed E-state index contributed by atoms with van der Waals surface area (Å²) < 4.78 is 1.43. The van der Waals surface area contributed by atoms with Gasteiger partial charge in [0.2, 0.25) is 0 Å². The maximum atomic E-state index is 2.42. The van der Waals surface area contributed by atoms with Crippen molar-refractivity contribution >= 4 is 0 Å². The molecule has 0 spiro atoms. The number of hydrogen-bond acceptors (Lipinski definition) is 0. The Labute approximate surface area is 82.7 Å². The zero-order valence-corrected chi connectivity index (χ0v) is 9.64. The third kappa shape index (κ3) is 1.16. The van der Waals surface area contributed by atoms with Gasteiger partial charge in [-0.3, -0.25) is 0 Å². The van der Waals surface area contributed by atoms with Crippen molar-refractivity contribution in [1.82, 2.24) is 0 Å². The maximum absolute atomic E-state index is 2.42. The molecule has 0 aliphatic carbocycles. The fraction of sp³-hybridized carbons (Fsp3) is 1.00. The SMILES string of the molecule is CC(C)C12CC[N+](C(C)C)(CC1)C2. The van der Waals surface area contributed by atoms with Crippen LogP contribution in [0, 0.1) is 11.3 Å². The predicted octanol–water partition coefficient (Wildman–Crippen LogP) is 2.66. The summed E-state index contributed by atoms with van der Waals surface area (Å²) in [6.07, 6.45) is 2.98. The number of nitrogens with zero attached hydrogens (tertiary/aromatic N) is 1. The first kappa shape index (κ1) is 9.51.